The van der Waals surface area contributed by atoms with Gasteiger partial charge in [0.2, 0.25) is 0 Å². The van der Waals surface area contributed by atoms with Gasteiger partial charge in [-0.15, -0.1) is 0 Å². The zero-order valence-corrected chi connectivity index (χ0v) is 9.43. The summed E-state index contributed by atoms with van der Waals surface area (Å²) in [5.74, 6) is 1.12. The summed E-state index contributed by atoms with van der Waals surface area (Å²) >= 11 is 0. The van der Waals surface area contributed by atoms with Gasteiger partial charge in [0.25, 0.3) is 0 Å². The molecule has 0 atom stereocenters. The Morgan fingerprint density at radius 3 is 2.25 bits per heavy atom. The molecule has 0 aliphatic heterocycles. The number of hydrogen-bond donors (Lipinski definition) is 1. The van der Waals surface area contributed by atoms with Gasteiger partial charge in [0.15, 0.2) is 0 Å². The van der Waals surface area contributed by atoms with Gasteiger partial charge in [0.05, 0.1) is 0 Å². The molecule has 0 amide bonds. The maximum atomic E-state index is 10.5. The van der Waals surface area contributed by atoms with E-state index in [9.17, 15) is 4.79 Å². The first-order valence-corrected chi connectivity index (χ1v) is 5.99. The number of hydrogen-bond acceptors (Lipinski definition) is 2. The van der Waals surface area contributed by atoms with Crippen LogP contribution in [0.3, 0.4) is 0 Å². The first kappa shape index (κ1) is 11.3. The number of aldehydes is 1. The van der Waals surface area contributed by atoms with E-state index in [1.807, 2.05) is 12.1 Å². The molecule has 0 saturated heterocycles. The van der Waals surface area contributed by atoms with Gasteiger partial charge in [-0.1, -0.05) is 24.3 Å². The minimum absolute atomic E-state index is 0.330. The van der Waals surface area contributed by atoms with E-state index >= 15 is 0 Å². The molecule has 0 heterocycles. The predicted molar refractivity (Wildman–Crippen MR) is 63.6 cm³/mol. The third-order valence-corrected chi connectivity index (χ3v) is 3.65. The largest absolute Gasteiger partial charge is 0.396 e. The molecule has 1 fully saturated rings. The maximum absolute atomic E-state index is 10.5. The van der Waals surface area contributed by atoms with Crippen molar-refractivity contribution in [3.8, 4) is 0 Å². The number of carbonyl (C=O) groups excluding carboxylic acids is 1. The number of aliphatic hydroxyl groups excluding tert-OH is 1. The van der Waals surface area contributed by atoms with E-state index in [1.54, 1.807) is 0 Å². The molecular weight excluding hydrogens is 200 g/mol. The number of aliphatic hydroxyl groups is 1. The first-order valence-electron chi connectivity index (χ1n) is 5.99. The molecule has 1 aliphatic rings. The minimum atomic E-state index is 0.330. The maximum Gasteiger partial charge on any atom is 0.150 e. The molecule has 86 valence electrons. The fraction of sp³-hybridized carbons (Fsp3) is 0.500. The lowest BCUT2D eigenvalue weighted by molar-refractivity contribution is 0.112. The Morgan fingerprint density at radius 1 is 1.12 bits per heavy atom. The van der Waals surface area contributed by atoms with Crippen LogP contribution in [0.25, 0.3) is 0 Å². The SMILES string of the molecule is O=Cc1ccc(C2CCC(CO)CC2)cc1. The smallest absolute Gasteiger partial charge is 0.150 e. The molecule has 0 bridgehead atoms. The fourth-order valence-electron chi connectivity index (χ4n) is 2.53. The monoisotopic (exact) mass is 218 g/mol. The van der Waals surface area contributed by atoms with Crippen molar-refractivity contribution in [3.63, 3.8) is 0 Å². The van der Waals surface area contributed by atoms with Gasteiger partial charge in [-0.3, -0.25) is 4.79 Å². The topological polar surface area (TPSA) is 37.3 Å². The van der Waals surface area contributed by atoms with Crippen molar-refractivity contribution < 1.29 is 9.90 Å². The zero-order chi connectivity index (χ0) is 11.4. The molecule has 0 spiro atoms. The van der Waals surface area contributed by atoms with E-state index in [0.717, 1.165) is 37.5 Å². The van der Waals surface area contributed by atoms with Gasteiger partial charge in [0.1, 0.15) is 6.29 Å². The van der Waals surface area contributed by atoms with Gasteiger partial charge >= 0.3 is 0 Å². The Kier molecular flexibility index (Phi) is 3.73. The Bertz CT molecular complexity index is 334. The lowest BCUT2D eigenvalue weighted by atomic mass is 9.79. The molecule has 1 aromatic rings. The summed E-state index contributed by atoms with van der Waals surface area (Å²) in [6.07, 6.45) is 5.44. The molecule has 0 unspecified atom stereocenters. The molecule has 1 aromatic carbocycles. The summed E-state index contributed by atoms with van der Waals surface area (Å²) in [6.45, 7) is 0.330. The molecule has 1 N–H and O–H groups in total. The van der Waals surface area contributed by atoms with E-state index in [4.69, 9.17) is 5.11 Å². The molecule has 2 rings (SSSR count). The Labute approximate surface area is 96.3 Å². The first-order chi connectivity index (χ1) is 7.83. The highest BCUT2D eigenvalue weighted by Gasteiger charge is 2.21. The van der Waals surface area contributed by atoms with Crippen molar-refractivity contribution in [1.82, 2.24) is 0 Å². The van der Waals surface area contributed by atoms with E-state index in [-0.39, 0.29) is 0 Å². The third kappa shape index (κ3) is 2.50. The summed E-state index contributed by atoms with van der Waals surface area (Å²) in [5, 5.41) is 9.08. The average Bonchev–Trinajstić information content (AvgIpc) is 2.39. The quantitative estimate of drug-likeness (QED) is 0.792. The van der Waals surface area contributed by atoms with E-state index in [1.165, 1.54) is 5.56 Å². The molecule has 1 aliphatic carbocycles. The number of carbonyl (C=O) groups is 1. The van der Waals surface area contributed by atoms with Crippen LogP contribution >= 0.6 is 0 Å². The van der Waals surface area contributed by atoms with Crippen LogP contribution in [0.2, 0.25) is 0 Å². The molecule has 16 heavy (non-hydrogen) atoms. The van der Waals surface area contributed by atoms with E-state index in [2.05, 4.69) is 12.1 Å². The van der Waals surface area contributed by atoms with Crippen LogP contribution in [-0.4, -0.2) is 18.0 Å². The molecular formula is C14H18O2. The van der Waals surface area contributed by atoms with Crippen molar-refractivity contribution >= 4 is 6.29 Å². The lowest BCUT2D eigenvalue weighted by Crippen LogP contribution is -2.16. The van der Waals surface area contributed by atoms with Gasteiger partial charge < -0.3 is 5.11 Å². The summed E-state index contributed by atoms with van der Waals surface area (Å²) in [4.78, 5) is 10.5. The summed E-state index contributed by atoms with van der Waals surface area (Å²) < 4.78 is 0. The Hall–Kier alpha value is -1.15. The van der Waals surface area contributed by atoms with Gasteiger partial charge in [0, 0.05) is 12.2 Å². The lowest BCUT2D eigenvalue weighted by Gasteiger charge is -2.27. The summed E-state index contributed by atoms with van der Waals surface area (Å²) in [6, 6.07) is 7.91. The highest BCUT2D eigenvalue weighted by Crippen LogP contribution is 2.35. The van der Waals surface area contributed by atoms with Crippen LogP contribution in [0.5, 0.6) is 0 Å². The van der Waals surface area contributed by atoms with Crippen molar-refractivity contribution in [3.05, 3.63) is 35.4 Å². The summed E-state index contributed by atoms with van der Waals surface area (Å²) in [7, 11) is 0. The number of benzene rings is 1. The van der Waals surface area contributed by atoms with Crippen LogP contribution in [0.4, 0.5) is 0 Å². The van der Waals surface area contributed by atoms with Crippen LogP contribution < -0.4 is 0 Å². The van der Waals surface area contributed by atoms with Crippen molar-refractivity contribution in [2.24, 2.45) is 5.92 Å². The molecule has 0 radical (unpaired) electrons. The highest BCUT2D eigenvalue weighted by molar-refractivity contribution is 5.74. The number of rotatable bonds is 3. The van der Waals surface area contributed by atoms with E-state index < -0.39 is 0 Å². The second-order valence-corrected chi connectivity index (χ2v) is 4.68. The Balaban J connectivity index is 1.99. The van der Waals surface area contributed by atoms with Crippen LogP contribution in [0.1, 0.15) is 47.5 Å². The van der Waals surface area contributed by atoms with Crippen LogP contribution in [0, 0.1) is 5.92 Å². The van der Waals surface area contributed by atoms with Gasteiger partial charge in [-0.05, 0) is 43.1 Å². The predicted octanol–water partition coefficient (Wildman–Crippen LogP) is 2.77. The van der Waals surface area contributed by atoms with Gasteiger partial charge in [-0.25, -0.2) is 0 Å². The standard InChI is InChI=1S/C14H18O2/c15-9-11-1-5-13(6-2-11)14-7-3-12(10-16)4-8-14/h1-2,5-6,9,12,14,16H,3-4,7-8,10H2. The van der Waals surface area contributed by atoms with Crippen molar-refractivity contribution in [2.75, 3.05) is 6.61 Å². The minimum Gasteiger partial charge on any atom is -0.396 e. The van der Waals surface area contributed by atoms with Gasteiger partial charge in [-0.2, -0.15) is 0 Å². The van der Waals surface area contributed by atoms with Crippen LogP contribution in [-0.2, 0) is 0 Å². The summed E-state index contributed by atoms with van der Waals surface area (Å²) in [5.41, 5.74) is 2.08. The molecule has 2 nitrogen and oxygen atoms in total. The molecule has 0 aromatic heterocycles. The normalized spacial score (nSPS) is 25.3. The third-order valence-electron chi connectivity index (χ3n) is 3.65. The highest BCUT2D eigenvalue weighted by atomic mass is 16.3. The van der Waals surface area contributed by atoms with E-state index in [0.29, 0.717) is 18.4 Å². The van der Waals surface area contributed by atoms with Crippen LogP contribution in [0.15, 0.2) is 24.3 Å². The second-order valence-electron chi connectivity index (χ2n) is 4.68. The molecule has 1 saturated carbocycles. The van der Waals surface area contributed by atoms with Crippen molar-refractivity contribution in [2.45, 2.75) is 31.6 Å². The molecule has 2 heteroatoms. The Morgan fingerprint density at radius 2 is 1.75 bits per heavy atom. The average molecular weight is 218 g/mol. The fourth-order valence-corrected chi connectivity index (χ4v) is 2.53. The zero-order valence-electron chi connectivity index (χ0n) is 9.43. The van der Waals surface area contributed by atoms with Crippen molar-refractivity contribution in [1.29, 1.82) is 0 Å². The second kappa shape index (κ2) is 5.26.